The molecular formula is C21H26N3O4+. The molecule has 0 aromatic heterocycles. The van der Waals surface area contributed by atoms with Gasteiger partial charge in [-0.3, -0.25) is 14.9 Å². The highest BCUT2D eigenvalue weighted by atomic mass is 16.6. The first-order valence-electron chi connectivity index (χ1n) is 9.48. The number of rotatable bonds is 6. The van der Waals surface area contributed by atoms with Gasteiger partial charge in [0.25, 0.3) is 11.6 Å². The monoisotopic (exact) mass is 384 g/mol. The SMILES string of the molecule is Cc1ccc([C@H](C[NH+]2CCOCC2)NC(=O)c2ccc([N+](=O)[O-])c(C)c2)cc1. The van der Waals surface area contributed by atoms with E-state index in [2.05, 4.69) is 5.32 Å². The molecule has 1 aliphatic heterocycles. The number of amides is 1. The van der Waals surface area contributed by atoms with Crippen LogP contribution in [0.3, 0.4) is 0 Å². The summed E-state index contributed by atoms with van der Waals surface area (Å²) in [5.41, 5.74) is 3.14. The topological polar surface area (TPSA) is 85.9 Å². The van der Waals surface area contributed by atoms with Gasteiger partial charge in [-0.05, 0) is 31.5 Å². The van der Waals surface area contributed by atoms with Gasteiger partial charge in [0.1, 0.15) is 25.7 Å². The maximum atomic E-state index is 12.9. The van der Waals surface area contributed by atoms with E-state index in [4.69, 9.17) is 4.74 Å². The number of hydrogen-bond acceptors (Lipinski definition) is 4. The molecule has 148 valence electrons. The third kappa shape index (κ3) is 4.94. The van der Waals surface area contributed by atoms with Crippen LogP contribution in [-0.4, -0.2) is 43.7 Å². The zero-order valence-corrected chi connectivity index (χ0v) is 16.2. The predicted molar refractivity (Wildman–Crippen MR) is 106 cm³/mol. The first-order valence-corrected chi connectivity index (χ1v) is 9.48. The molecule has 0 saturated carbocycles. The van der Waals surface area contributed by atoms with E-state index in [9.17, 15) is 14.9 Å². The number of hydrogen-bond donors (Lipinski definition) is 2. The molecule has 1 fully saturated rings. The number of benzene rings is 2. The summed E-state index contributed by atoms with van der Waals surface area (Å²) in [5.74, 6) is -0.226. The minimum Gasteiger partial charge on any atom is -0.370 e. The van der Waals surface area contributed by atoms with Crippen molar-refractivity contribution in [2.45, 2.75) is 19.9 Å². The highest BCUT2D eigenvalue weighted by Crippen LogP contribution is 2.20. The maximum Gasteiger partial charge on any atom is 0.272 e. The molecule has 7 heteroatoms. The Bertz CT molecular complexity index is 845. The minimum absolute atomic E-state index is 0.0180. The van der Waals surface area contributed by atoms with Crippen molar-refractivity contribution >= 4 is 11.6 Å². The summed E-state index contributed by atoms with van der Waals surface area (Å²) < 4.78 is 5.43. The summed E-state index contributed by atoms with van der Waals surface area (Å²) in [6, 6.07) is 12.5. The second kappa shape index (κ2) is 8.95. The number of ether oxygens (including phenoxy) is 1. The molecule has 1 saturated heterocycles. The first-order chi connectivity index (χ1) is 13.4. The second-order valence-electron chi connectivity index (χ2n) is 7.26. The van der Waals surface area contributed by atoms with Crippen LogP contribution >= 0.6 is 0 Å². The summed E-state index contributed by atoms with van der Waals surface area (Å²) in [5, 5.41) is 14.1. The zero-order chi connectivity index (χ0) is 20.1. The van der Waals surface area contributed by atoms with Gasteiger partial charge in [0.2, 0.25) is 0 Å². The van der Waals surface area contributed by atoms with E-state index in [0.717, 1.165) is 38.4 Å². The van der Waals surface area contributed by atoms with Crippen molar-refractivity contribution in [3.05, 3.63) is 74.8 Å². The quantitative estimate of drug-likeness (QED) is 0.585. The Balaban J connectivity index is 1.79. The Labute approximate surface area is 164 Å². The number of nitro benzene ring substituents is 1. The van der Waals surface area contributed by atoms with Crippen molar-refractivity contribution in [1.82, 2.24) is 5.32 Å². The predicted octanol–water partition coefficient (Wildman–Crippen LogP) is 1.60. The number of carbonyl (C=O) groups is 1. The van der Waals surface area contributed by atoms with Gasteiger partial charge in [0.15, 0.2) is 0 Å². The third-order valence-electron chi connectivity index (χ3n) is 5.13. The van der Waals surface area contributed by atoms with Gasteiger partial charge >= 0.3 is 0 Å². The molecule has 2 aromatic carbocycles. The number of nitro groups is 1. The molecule has 2 aromatic rings. The highest BCUT2D eigenvalue weighted by Gasteiger charge is 2.24. The van der Waals surface area contributed by atoms with Gasteiger partial charge in [0.05, 0.1) is 18.1 Å². The lowest BCUT2D eigenvalue weighted by molar-refractivity contribution is -0.909. The molecule has 3 rings (SSSR count). The molecule has 1 atom stereocenters. The lowest BCUT2D eigenvalue weighted by Gasteiger charge is -2.28. The molecule has 0 spiro atoms. The summed E-state index contributed by atoms with van der Waals surface area (Å²) >= 11 is 0. The van der Waals surface area contributed by atoms with Gasteiger partial charge in [-0.25, -0.2) is 0 Å². The van der Waals surface area contributed by atoms with Crippen LogP contribution in [-0.2, 0) is 4.74 Å². The summed E-state index contributed by atoms with van der Waals surface area (Å²) in [4.78, 5) is 24.8. The van der Waals surface area contributed by atoms with Crippen molar-refractivity contribution < 1.29 is 19.4 Å². The standard InChI is InChI=1S/C21H25N3O4/c1-15-3-5-17(6-4-15)19(14-23-9-11-28-12-10-23)22-21(25)18-7-8-20(24(26)27)16(2)13-18/h3-8,13,19H,9-12,14H2,1-2H3,(H,22,25)/p+1/t19-/m0/s1. The molecule has 1 aliphatic rings. The van der Waals surface area contributed by atoms with Crippen molar-refractivity contribution in [1.29, 1.82) is 0 Å². The average Bonchev–Trinajstić information content (AvgIpc) is 2.68. The summed E-state index contributed by atoms with van der Waals surface area (Å²) in [6.45, 7) is 7.72. The Morgan fingerprint density at radius 1 is 1.18 bits per heavy atom. The molecule has 2 N–H and O–H groups in total. The second-order valence-corrected chi connectivity index (χ2v) is 7.26. The number of aryl methyl sites for hydroxylation is 2. The van der Waals surface area contributed by atoms with Crippen LogP contribution in [0, 0.1) is 24.0 Å². The Hall–Kier alpha value is -2.77. The van der Waals surface area contributed by atoms with Crippen LogP contribution in [0.2, 0.25) is 0 Å². The van der Waals surface area contributed by atoms with E-state index in [1.54, 1.807) is 13.0 Å². The molecule has 0 radical (unpaired) electrons. The average molecular weight is 384 g/mol. The highest BCUT2D eigenvalue weighted by molar-refractivity contribution is 5.95. The minimum atomic E-state index is -0.437. The zero-order valence-electron chi connectivity index (χ0n) is 16.2. The van der Waals surface area contributed by atoms with Gasteiger partial charge in [-0.15, -0.1) is 0 Å². The van der Waals surface area contributed by atoms with E-state index < -0.39 is 4.92 Å². The normalized spacial score (nSPS) is 15.8. The fourth-order valence-corrected chi connectivity index (χ4v) is 3.45. The molecule has 0 unspecified atom stereocenters. The number of nitrogens with one attached hydrogen (secondary N) is 2. The summed E-state index contributed by atoms with van der Waals surface area (Å²) in [6.07, 6.45) is 0. The smallest absolute Gasteiger partial charge is 0.272 e. The maximum absolute atomic E-state index is 12.9. The van der Waals surface area contributed by atoms with Gasteiger partial charge < -0.3 is 15.0 Å². The van der Waals surface area contributed by atoms with Crippen molar-refractivity contribution in [3.8, 4) is 0 Å². The Morgan fingerprint density at radius 2 is 1.86 bits per heavy atom. The number of carbonyl (C=O) groups excluding carboxylic acids is 1. The molecule has 7 nitrogen and oxygen atoms in total. The number of nitrogens with zero attached hydrogens (tertiary/aromatic N) is 1. The van der Waals surface area contributed by atoms with E-state index >= 15 is 0 Å². The van der Waals surface area contributed by atoms with Crippen LogP contribution in [0.1, 0.15) is 33.1 Å². The van der Waals surface area contributed by atoms with Crippen molar-refractivity contribution in [3.63, 3.8) is 0 Å². The van der Waals surface area contributed by atoms with Gasteiger partial charge in [-0.1, -0.05) is 29.8 Å². The van der Waals surface area contributed by atoms with E-state index in [1.807, 2.05) is 31.2 Å². The van der Waals surface area contributed by atoms with Crippen LogP contribution < -0.4 is 10.2 Å². The largest absolute Gasteiger partial charge is 0.370 e. The third-order valence-corrected chi connectivity index (χ3v) is 5.13. The Morgan fingerprint density at radius 3 is 2.46 bits per heavy atom. The lowest BCUT2D eigenvalue weighted by Crippen LogP contribution is -3.14. The molecular weight excluding hydrogens is 358 g/mol. The lowest BCUT2D eigenvalue weighted by atomic mass is 10.0. The Kier molecular flexibility index (Phi) is 6.38. The molecule has 0 bridgehead atoms. The van der Waals surface area contributed by atoms with Crippen molar-refractivity contribution in [2.75, 3.05) is 32.8 Å². The van der Waals surface area contributed by atoms with Crippen LogP contribution in [0.15, 0.2) is 42.5 Å². The van der Waals surface area contributed by atoms with Crippen LogP contribution in [0.25, 0.3) is 0 Å². The molecule has 0 aliphatic carbocycles. The van der Waals surface area contributed by atoms with Gasteiger partial charge in [0, 0.05) is 17.2 Å². The van der Waals surface area contributed by atoms with E-state index in [0.29, 0.717) is 11.1 Å². The fourth-order valence-electron chi connectivity index (χ4n) is 3.45. The molecule has 1 amide bonds. The number of quaternary nitrogens is 1. The van der Waals surface area contributed by atoms with Gasteiger partial charge in [-0.2, -0.15) is 0 Å². The summed E-state index contributed by atoms with van der Waals surface area (Å²) in [7, 11) is 0. The van der Waals surface area contributed by atoms with Crippen molar-refractivity contribution in [2.24, 2.45) is 0 Å². The van der Waals surface area contributed by atoms with E-state index in [-0.39, 0.29) is 17.6 Å². The van der Waals surface area contributed by atoms with E-state index in [1.165, 1.54) is 22.6 Å². The van der Waals surface area contributed by atoms with Crippen LogP contribution in [0.4, 0.5) is 5.69 Å². The van der Waals surface area contributed by atoms with Crippen LogP contribution in [0.5, 0.6) is 0 Å². The number of morpholine rings is 1. The first kappa shape index (κ1) is 20.0. The molecule has 1 heterocycles. The molecule has 28 heavy (non-hydrogen) atoms. The fraction of sp³-hybridized carbons (Fsp3) is 0.381.